The van der Waals surface area contributed by atoms with Crippen LogP contribution < -0.4 is 0 Å². The highest BCUT2D eigenvalue weighted by atomic mass is 35.5. The van der Waals surface area contributed by atoms with Crippen molar-refractivity contribution < 1.29 is 4.79 Å². The molecule has 22 heavy (non-hydrogen) atoms. The molecular formula is C17H14ClN3O. The summed E-state index contributed by atoms with van der Waals surface area (Å²) in [5.41, 5.74) is 3.68. The normalized spacial score (nSPS) is 10.6. The van der Waals surface area contributed by atoms with E-state index in [1.165, 1.54) is 5.56 Å². The molecule has 0 aliphatic carbocycles. The second kappa shape index (κ2) is 6.12. The SMILES string of the molecule is CCc1ccc(-n2nnc(C=O)c2-c2ccccc2Cl)cc1. The molecule has 1 aromatic heterocycles. The van der Waals surface area contributed by atoms with Crippen LogP contribution in [-0.2, 0) is 6.42 Å². The minimum Gasteiger partial charge on any atom is -0.296 e. The van der Waals surface area contributed by atoms with Gasteiger partial charge in [0, 0.05) is 5.56 Å². The first-order valence-electron chi connectivity index (χ1n) is 6.99. The van der Waals surface area contributed by atoms with Crippen LogP contribution in [0.2, 0.25) is 5.02 Å². The number of benzene rings is 2. The molecule has 3 rings (SSSR count). The maximum atomic E-state index is 11.3. The molecular weight excluding hydrogens is 298 g/mol. The molecule has 0 saturated heterocycles. The number of rotatable bonds is 4. The number of nitrogens with zero attached hydrogens (tertiary/aromatic N) is 3. The van der Waals surface area contributed by atoms with Gasteiger partial charge in [-0.2, -0.15) is 0 Å². The van der Waals surface area contributed by atoms with Gasteiger partial charge in [-0.25, -0.2) is 4.68 Å². The zero-order chi connectivity index (χ0) is 15.5. The van der Waals surface area contributed by atoms with E-state index in [-0.39, 0.29) is 5.69 Å². The minimum absolute atomic E-state index is 0.271. The van der Waals surface area contributed by atoms with E-state index < -0.39 is 0 Å². The van der Waals surface area contributed by atoms with Gasteiger partial charge >= 0.3 is 0 Å². The van der Waals surface area contributed by atoms with Crippen molar-refractivity contribution in [2.45, 2.75) is 13.3 Å². The molecule has 0 aliphatic heterocycles. The van der Waals surface area contributed by atoms with Gasteiger partial charge in [-0.1, -0.05) is 54.1 Å². The lowest BCUT2D eigenvalue weighted by Gasteiger charge is -2.09. The highest BCUT2D eigenvalue weighted by Gasteiger charge is 2.17. The summed E-state index contributed by atoms with van der Waals surface area (Å²) < 4.78 is 1.64. The number of carbonyl (C=O) groups is 1. The molecule has 0 saturated carbocycles. The highest BCUT2D eigenvalue weighted by Crippen LogP contribution is 2.30. The molecule has 0 radical (unpaired) electrons. The summed E-state index contributed by atoms with van der Waals surface area (Å²) in [6.45, 7) is 2.10. The van der Waals surface area contributed by atoms with Crippen LogP contribution in [0.15, 0.2) is 48.5 Å². The average molecular weight is 312 g/mol. The topological polar surface area (TPSA) is 47.8 Å². The molecule has 2 aromatic carbocycles. The molecule has 0 atom stereocenters. The van der Waals surface area contributed by atoms with Crippen molar-refractivity contribution in [3.05, 3.63) is 64.8 Å². The number of halogens is 1. The third kappa shape index (κ3) is 2.53. The van der Waals surface area contributed by atoms with Crippen LogP contribution in [0.3, 0.4) is 0 Å². The predicted octanol–water partition coefficient (Wildman–Crippen LogP) is 3.96. The summed E-state index contributed by atoms with van der Waals surface area (Å²) in [5, 5.41) is 8.62. The lowest BCUT2D eigenvalue weighted by molar-refractivity contribution is 0.111. The maximum absolute atomic E-state index is 11.3. The molecule has 4 nitrogen and oxygen atoms in total. The summed E-state index contributed by atoms with van der Waals surface area (Å²) >= 11 is 6.27. The third-order valence-electron chi connectivity index (χ3n) is 3.53. The van der Waals surface area contributed by atoms with Gasteiger partial charge in [0.2, 0.25) is 0 Å². The van der Waals surface area contributed by atoms with Crippen molar-refractivity contribution in [2.24, 2.45) is 0 Å². The van der Waals surface area contributed by atoms with Crippen LogP contribution in [0.1, 0.15) is 23.0 Å². The summed E-state index contributed by atoms with van der Waals surface area (Å²) in [6.07, 6.45) is 1.66. The first-order valence-corrected chi connectivity index (χ1v) is 7.37. The molecule has 0 amide bonds. The lowest BCUT2D eigenvalue weighted by atomic mass is 10.1. The molecule has 110 valence electrons. The molecule has 0 N–H and O–H groups in total. The Bertz CT molecular complexity index is 809. The average Bonchev–Trinajstić information content (AvgIpc) is 2.99. The van der Waals surface area contributed by atoms with Crippen LogP contribution >= 0.6 is 11.6 Å². The smallest absolute Gasteiger partial charge is 0.172 e. The summed E-state index contributed by atoms with van der Waals surface area (Å²) in [7, 11) is 0. The van der Waals surface area contributed by atoms with Gasteiger partial charge in [-0.05, 0) is 30.2 Å². The first kappa shape index (κ1) is 14.5. The molecule has 0 spiro atoms. The Kier molecular flexibility index (Phi) is 4.02. The molecule has 1 heterocycles. The van der Waals surface area contributed by atoms with Crippen LogP contribution in [-0.4, -0.2) is 21.3 Å². The monoisotopic (exact) mass is 311 g/mol. The van der Waals surface area contributed by atoms with Crippen molar-refractivity contribution in [2.75, 3.05) is 0 Å². The van der Waals surface area contributed by atoms with Crippen LogP contribution in [0, 0.1) is 0 Å². The number of aldehydes is 1. The minimum atomic E-state index is 0.271. The Hall–Kier alpha value is -2.46. The van der Waals surface area contributed by atoms with Gasteiger partial charge in [0.1, 0.15) is 5.69 Å². The Balaban J connectivity index is 2.19. The summed E-state index contributed by atoms with van der Waals surface area (Å²) in [4.78, 5) is 11.3. The third-order valence-corrected chi connectivity index (χ3v) is 3.86. The van der Waals surface area contributed by atoms with E-state index in [1.807, 2.05) is 42.5 Å². The van der Waals surface area contributed by atoms with Gasteiger partial charge < -0.3 is 0 Å². The number of hydrogen-bond acceptors (Lipinski definition) is 3. The quantitative estimate of drug-likeness (QED) is 0.685. The molecule has 0 unspecified atom stereocenters. The lowest BCUT2D eigenvalue weighted by Crippen LogP contribution is -2.00. The van der Waals surface area contributed by atoms with E-state index in [9.17, 15) is 4.79 Å². The molecule has 5 heteroatoms. The zero-order valence-electron chi connectivity index (χ0n) is 12.0. The zero-order valence-corrected chi connectivity index (χ0v) is 12.8. The van der Waals surface area contributed by atoms with Gasteiger partial charge in [0.05, 0.1) is 10.7 Å². The van der Waals surface area contributed by atoms with E-state index in [0.717, 1.165) is 17.7 Å². The Labute approximate surface area is 133 Å². The van der Waals surface area contributed by atoms with E-state index in [2.05, 4.69) is 17.2 Å². The van der Waals surface area contributed by atoms with E-state index in [4.69, 9.17) is 11.6 Å². The fourth-order valence-electron chi connectivity index (χ4n) is 2.33. The van der Waals surface area contributed by atoms with Crippen molar-refractivity contribution in [1.82, 2.24) is 15.0 Å². The van der Waals surface area contributed by atoms with E-state index >= 15 is 0 Å². The van der Waals surface area contributed by atoms with Crippen LogP contribution in [0.25, 0.3) is 16.9 Å². The van der Waals surface area contributed by atoms with Gasteiger partial charge in [-0.3, -0.25) is 4.79 Å². The molecule has 3 aromatic rings. The van der Waals surface area contributed by atoms with Gasteiger partial charge in [0.25, 0.3) is 0 Å². The first-order chi connectivity index (χ1) is 10.7. The molecule has 0 fully saturated rings. The Morgan fingerprint density at radius 2 is 1.86 bits per heavy atom. The summed E-state index contributed by atoms with van der Waals surface area (Å²) in [6, 6.07) is 15.3. The number of hydrogen-bond donors (Lipinski definition) is 0. The summed E-state index contributed by atoms with van der Waals surface area (Å²) in [5.74, 6) is 0. The largest absolute Gasteiger partial charge is 0.296 e. The standard InChI is InChI=1S/C17H14ClN3O/c1-2-12-7-9-13(10-8-12)21-17(16(11-22)19-20-21)14-5-3-4-6-15(14)18/h3-11H,2H2,1H3. The highest BCUT2D eigenvalue weighted by molar-refractivity contribution is 6.33. The Morgan fingerprint density at radius 3 is 2.50 bits per heavy atom. The number of aromatic nitrogens is 3. The van der Waals surface area contributed by atoms with Crippen molar-refractivity contribution in [3.8, 4) is 16.9 Å². The van der Waals surface area contributed by atoms with E-state index in [1.54, 1.807) is 10.7 Å². The fourth-order valence-corrected chi connectivity index (χ4v) is 2.56. The van der Waals surface area contributed by atoms with Crippen LogP contribution in [0.4, 0.5) is 0 Å². The maximum Gasteiger partial charge on any atom is 0.172 e. The second-order valence-electron chi connectivity index (χ2n) is 4.85. The predicted molar refractivity (Wildman–Crippen MR) is 86.6 cm³/mol. The number of aryl methyl sites for hydroxylation is 1. The van der Waals surface area contributed by atoms with Gasteiger partial charge in [0.15, 0.2) is 12.0 Å². The fraction of sp³-hybridized carbons (Fsp3) is 0.118. The van der Waals surface area contributed by atoms with Crippen molar-refractivity contribution >= 4 is 17.9 Å². The second-order valence-corrected chi connectivity index (χ2v) is 5.26. The number of carbonyl (C=O) groups excluding carboxylic acids is 1. The van der Waals surface area contributed by atoms with E-state index in [0.29, 0.717) is 17.0 Å². The van der Waals surface area contributed by atoms with Crippen molar-refractivity contribution in [3.63, 3.8) is 0 Å². The molecule has 0 bridgehead atoms. The van der Waals surface area contributed by atoms with Gasteiger partial charge in [-0.15, -0.1) is 5.10 Å². The van der Waals surface area contributed by atoms with Crippen LogP contribution in [0.5, 0.6) is 0 Å². The Morgan fingerprint density at radius 1 is 1.14 bits per heavy atom. The molecule has 0 aliphatic rings. The van der Waals surface area contributed by atoms with Crippen molar-refractivity contribution in [1.29, 1.82) is 0 Å².